The van der Waals surface area contributed by atoms with Crippen molar-refractivity contribution in [3.63, 3.8) is 0 Å². The Balaban J connectivity index is 1.75. The van der Waals surface area contributed by atoms with Crippen molar-refractivity contribution in [3.05, 3.63) is 69.7 Å². The van der Waals surface area contributed by atoms with Crippen molar-refractivity contribution in [2.45, 2.75) is 64.7 Å². The summed E-state index contributed by atoms with van der Waals surface area (Å²) in [6.07, 6.45) is 10.1. The molecule has 5 heteroatoms. The Morgan fingerprint density at radius 1 is 0.710 bits per heavy atom. The van der Waals surface area contributed by atoms with Crippen LogP contribution in [-0.4, -0.2) is 25.2 Å². The molecule has 0 atom stereocenters. The lowest BCUT2D eigenvalue weighted by molar-refractivity contribution is 0.0455. The third-order valence-electron chi connectivity index (χ3n) is 5.16. The Hall–Kier alpha value is -2.14. The van der Waals surface area contributed by atoms with E-state index in [1.807, 2.05) is 24.3 Å². The van der Waals surface area contributed by atoms with Crippen LogP contribution in [0.2, 0.25) is 0 Å². The molecule has 0 radical (unpaired) electrons. The fourth-order valence-electron chi connectivity index (χ4n) is 3.35. The Morgan fingerprint density at radius 3 is 1.84 bits per heavy atom. The molecule has 0 spiro atoms. The normalized spacial score (nSPS) is 10.6. The van der Waals surface area contributed by atoms with Gasteiger partial charge in [0.05, 0.1) is 24.3 Å². The molecule has 0 amide bonds. The zero-order chi connectivity index (χ0) is 22.3. The first-order valence-corrected chi connectivity index (χ1v) is 12.1. The van der Waals surface area contributed by atoms with Crippen LogP contribution in [-0.2, 0) is 15.9 Å². The van der Waals surface area contributed by atoms with Gasteiger partial charge in [0.25, 0.3) is 0 Å². The minimum atomic E-state index is -0.508. The Labute approximate surface area is 194 Å². The monoisotopic (exact) mass is 488 g/mol. The summed E-state index contributed by atoms with van der Waals surface area (Å²) in [4.78, 5) is 25.0. The number of unbranched alkanes of at least 4 members (excludes halogenated alkanes) is 7. The van der Waals surface area contributed by atoms with Crippen LogP contribution >= 0.6 is 15.9 Å². The van der Waals surface area contributed by atoms with Gasteiger partial charge in [-0.25, -0.2) is 9.59 Å². The summed E-state index contributed by atoms with van der Waals surface area (Å²) in [7, 11) is 0. The fraction of sp³-hybridized carbons (Fsp3) is 0.462. The standard InChI is InChI=1S/C26H33BrO4/c1-2-3-4-5-6-7-8-13-19-30-25(28)22-15-10-11-16-23(22)26(29)31-20-18-21-14-9-12-17-24(21)27/h9-12,14-17H,2-8,13,18-20H2,1H3. The molecule has 2 rings (SSSR count). The van der Waals surface area contributed by atoms with Crippen molar-refractivity contribution in [1.29, 1.82) is 0 Å². The van der Waals surface area contributed by atoms with E-state index in [-0.39, 0.29) is 17.7 Å². The van der Waals surface area contributed by atoms with Crippen LogP contribution < -0.4 is 0 Å². The van der Waals surface area contributed by atoms with Gasteiger partial charge in [-0.2, -0.15) is 0 Å². The predicted molar refractivity (Wildman–Crippen MR) is 127 cm³/mol. The molecule has 0 unspecified atom stereocenters. The highest BCUT2D eigenvalue weighted by molar-refractivity contribution is 9.10. The van der Waals surface area contributed by atoms with Crippen LogP contribution in [0.25, 0.3) is 0 Å². The predicted octanol–water partition coefficient (Wildman–Crippen LogP) is 7.15. The summed E-state index contributed by atoms with van der Waals surface area (Å²) in [5, 5.41) is 0. The summed E-state index contributed by atoms with van der Waals surface area (Å²) < 4.78 is 11.8. The van der Waals surface area contributed by atoms with Crippen molar-refractivity contribution in [2.24, 2.45) is 0 Å². The molecule has 0 N–H and O–H groups in total. The van der Waals surface area contributed by atoms with E-state index in [1.54, 1.807) is 24.3 Å². The zero-order valence-electron chi connectivity index (χ0n) is 18.4. The molecule has 0 aliphatic rings. The molecule has 2 aromatic carbocycles. The zero-order valence-corrected chi connectivity index (χ0v) is 20.0. The summed E-state index contributed by atoms with van der Waals surface area (Å²) in [6.45, 7) is 2.83. The van der Waals surface area contributed by atoms with Crippen molar-refractivity contribution in [3.8, 4) is 0 Å². The molecule has 0 saturated carbocycles. The van der Waals surface area contributed by atoms with Gasteiger partial charge in [-0.3, -0.25) is 0 Å². The van der Waals surface area contributed by atoms with Gasteiger partial charge in [-0.15, -0.1) is 0 Å². The molecule has 168 valence electrons. The largest absolute Gasteiger partial charge is 0.462 e. The maximum Gasteiger partial charge on any atom is 0.339 e. The number of hydrogen-bond acceptors (Lipinski definition) is 4. The third-order valence-corrected chi connectivity index (χ3v) is 5.93. The molecule has 0 aliphatic carbocycles. The van der Waals surface area contributed by atoms with Crippen LogP contribution in [0.4, 0.5) is 0 Å². The van der Waals surface area contributed by atoms with Crippen LogP contribution in [0.1, 0.15) is 84.6 Å². The fourth-order valence-corrected chi connectivity index (χ4v) is 3.83. The molecule has 2 aromatic rings. The Kier molecular flexibility index (Phi) is 12.0. The maximum atomic E-state index is 12.5. The van der Waals surface area contributed by atoms with Crippen LogP contribution in [0.3, 0.4) is 0 Å². The second kappa shape index (κ2) is 14.8. The topological polar surface area (TPSA) is 52.6 Å². The maximum absolute atomic E-state index is 12.5. The van der Waals surface area contributed by atoms with Crippen LogP contribution in [0.5, 0.6) is 0 Å². The van der Waals surface area contributed by atoms with E-state index in [9.17, 15) is 9.59 Å². The number of ether oxygens (including phenoxy) is 2. The molecular formula is C26H33BrO4. The number of benzene rings is 2. The van der Waals surface area contributed by atoms with Gasteiger partial charge in [-0.1, -0.05) is 98.1 Å². The van der Waals surface area contributed by atoms with Gasteiger partial charge in [0.1, 0.15) is 0 Å². The first kappa shape index (κ1) is 25.1. The van der Waals surface area contributed by atoms with E-state index in [4.69, 9.17) is 9.47 Å². The van der Waals surface area contributed by atoms with Gasteiger partial charge in [0, 0.05) is 10.9 Å². The highest BCUT2D eigenvalue weighted by Gasteiger charge is 2.19. The molecule has 0 aliphatic heterocycles. The van der Waals surface area contributed by atoms with E-state index in [2.05, 4.69) is 22.9 Å². The van der Waals surface area contributed by atoms with Crippen molar-refractivity contribution in [1.82, 2.24) is 0 Å². The summed E-state index contributed by atoms with van der Waals surface area (Å²) in [5.41, 5.74) is 1.57. The summed E-state index contributed by atoms with van der Waals surface area (Å²) in [6, 6.07) is 14.5. The number of halogens is 1. The molecule has 4 nitrogen and oxygen atoms in total. The first-order valence-electron chi connectivity index (χ1n) is 11.3. The lowest BCUT2D eigenvalue weighted by Gasteiger charge is -2.10. The van der Waals surface area contributed by atoms with E-state index < -0.39 is 11.9 Å². The quantitative estimate of drug-likeness (QED) is 0.209. The van der Waals surface area contributed by atoms with E-state index in [1.165, 1.54) is 38.5 Å². The number of hydrogen-bond donors (Lipinski definition) is 0. The highest BCUT2D eigenvalue weighted by Crippen LogP contribution is 2.17. The molecule has 0 bridgehead atoms. The van der Waals surface area contributed by atoms with E-state index in [0.717, 1.165) is 22.9 Å². The van der Waals surface area contributed by atoms with Gasteiger partial charge >= 0.3 is 11.9 Å². The van der Waals surface area contributed by atoms with Gasteiger partial charge < -0.3 is 9.47 Å². The number of rotatable bonds is 14. The van der Waals surface area contributed by atoms with Gasteiger partial charge in [0.2, 0.25) is 0 Å². The number of carbonyl (C=O) groups excluding carboxylic acids is 2. The highest BCUT2D eigenvalue weighted by atomic mass is 79.9. The van der Waals surface area contributed by atoms with Crippen LogP contribution in [0, 0.1) is 0 Å². The van der Waals surface area contributed by atoms with Gasteiger partial charge in [-0.05, 0) is 30.2 Å². The van der Waals surface area contributed by atoms with E-state index in [0.29, 0.717) is 13.0 Å². The Bertz CT molecular complexity index is 819. The van der Waals surface area contributed by atoms with Gasteiger partial charge in [0.15, 0.2) is 0 Å². The van der Waals surface area contributed by atoms with Crippen molar-refractivity contribution >= 4 is 27.9 Å². The Morgan fingerprint density at radius 2 is 1.23 bits per heavy atom. The molecule has 0 aromatic heterocycles. The molecular weight excluding hydrogens is 456 g/mol. The molecule has 31 heavy (non-hydrogen) atoms. The second-order valence-corrected chi connectivity index (χ2v) is 8.49. The van der Waals surface area contributed by atoms with Crippen molar-refractivity contribution < 1.29 is 19.1 Å². The average Bonchev–Trinajstić information content (AvgIpc) is 2.79. The SMILES string of the molecule is CCCCCCCCCCOC(=O)c1ccccc1C(=O)OCCc1ccccc1Br. The summed E-state index contributed by atoms with van der Waals surface area (Å²) >= 11 is 3.49. The number of esters is 2. The van der Waals surface area contributed by atoms with E-state index >= 15 is 0 Å². The minimum absolute atomic E-state index is 0.239. The molecule has 0 heterocycles. The second-order valence-electron chi connectivity index (χ2n) is 7.63. The smallest absolute Gasteiger partial charge is 0.339 e. The third kappa shape index (κ3) is 9.26. The van der Waals surface area contributed by atoms with Crippen LogP contribution in [0.15, 0.2) is 53.0 Å². The number of carbonyl (C=O) groups is 2. The molecule has 0 saturated heterocycles. The summed E-state index contributed by atoms with van der Waals surface area (Å²) in [5.74, 6) is -0.979. The minimum Gasteiger partial charge on any atom is -0.462 e. The molecule has 0 fully saturated rings. The first-order chi connectivity index (χ1) is 15.1. The average molecular weight is 489 g/mol. The van der Waals surface area contributed by atoms with Crippen molar-refractivity contribution in [2.75, 3.05) is 13.2 Å². The lowest BCUT2D eigenvalue weighted by atomic mass is 10.1. The lowest BCUT2D eigenvalue weighted by Crippen LogP contribution is -2.15.